The van der Waals surface area contributed by atoms with Gasteiger partial charge < -0.3 is 5.32 Å². The lowest BCUT2D eigenvalue weighted by Crippen LogP contribution is -2.39. The van der Waals surface area contributed by atoms with Crippen molar-refractivity contribution in [2.24, 2.45) is 0 Å². The van der Waals surface area contributed by atoms with Gasteiger partial charge in [-0.2, -0.15) is 0 Å². The molecule has 0 radical (unpaired) electrons. The first-order valence-electron chi connectivity index (χ1n) is 5.26. The van der Waals surface area contributed by atoms with Crippen molar-refractivity contribution < 1.29 is 4.39 Å². The van der Waals surface area contributed by atoms with Gasteiger partial charge in [0.1, 0.15) is 6.17 Å². The Morgan fingerprint density at radius 3 is 2.25 bits per heavy atom. The number of nitrogens with one attached hydrogen (secondary N) is 1. The highest BCUT2D eigenvalue weighted by Gasteiger charge is 2.29. The van der Waals surface area contributed by atoms with Gasteiger partial charge in [-0.15, -0.1) is 0 Å². The number of alkyl halides is 1. The van der Waals surface area contributed by atoms with Crippen LogP contribution in [0, 0.1) is 0 Å². The Hall–Kier alpha value is -0.110. The van der Waals surface area contributed by atoms with E-state index in [0.29, 0.717) is 6.04 Å². The summed E-state index contributed by atoms with van der Waals surface area (Å²) in [7, 11) is 0. The smallest absolute Gasteiger partial charge is 0.115 e. The van der Waals surface area contributed by atoms with E-state index in [1.165, 1.54) is 25.7 Å². The fourth-order valence-electron chi connectivity index (χ4n) is 2.50. The molecule has 1 N–H and O–H groups in total. The van der Waals surface area contributed by atoms with Crippen molar-refractivity contribution in [3.63, 3.8) is 0 Å². The van der Waals surface area contributed by atoms with Crippen molar-refractivity contribution in [1.29, 1.82) is 0 Å². The van der Waals surface area contributed by atoms with Crippen LogP contribution in [-0.4, -0.2) is 18.3 Å². The van der Waals surface area contributed by atoms with E-state index in [4.69, 9.17) is 0 Å². The minimum absolute atomic E-state index is 0.188. The Morgan fingerprint density at radius 1 is 0.917 bits per heavy atom. The molecule has 2 rings (SSSR count). The first-order valence-corrected chi connectivity index (χ1v) is 5.26. The molecule has 2 saturated carbocycles. The number of rotatable bonds is 2. The molecule has 12 heavy (non-hydrogen) atoms. The summed E-state index contributed by atoms with van der Waals surface area (Å²) >= 11 is 0. The standard InChI is InChI=1S/C10H18FN/c11-9-6-3-7-10(9)12-8-4-1-2-5-8/h8-10,12H,1-7H2/t9-,10+/m1/s1. The fourth-order valence-corrected chi connectivity index (χ4v) is 2.50. The van der Waals surface area contributed by atoms with Gasteiger partial charge >= 0.3 is 0 Å². The molecule has 2 aliphatic rings. The predicted molar refractivity (Wildman–Crippen MR) is 47.9 cm³/mol. The molecule has 0 spiro atoms. The maximum Gasteiger partial charge on any atom is 0.115 e. The molecule has 1 nitrogen and oxygen atoms in total. The zero-order chi connectivity index (χ0) is 8.39. The first kappa shape index (κ1) is 8.49. The quantitative estimate of drug-likeness (QED) is 0.672. The fraction of sp³-hybridized carbons (Fsp3) is 1.00. The van der Waals surface area contributed by atoms with Gasteiger partial charge in [-0.1, -0.05) is 12.8 Å². The molecule has 0 aromatic heterocycles. The van der Waals surface area contributed by atoms with Crippen molar-refractivity contribution in [1.82, 2.24) is 5.32 Å². The zero-order valence-electron chi connectivity index (χ0n) is 7.56. The average molecular weight is 171 g/mol. The first-order chi connectivity index (χ1) is 5.86. The van der Waals surface area contributed by atoms with Crippen LogP contribution < -0.4 is 5.32 Å². The van der Waals surface area contributed by atoms with Crippen LogP contribution in [0.25, 0.3) is 0 Å². The third kappa shape index (κ3) is 1.79. The maximum absolute atomic E-state index is 13.2. The summed E-state index contributed by atoms with van der Waals surface area (Å²) in [6.07, 6.45) is 7.55. The minimum atomic E-state index is -0.564. The molecule has 2 aliphatic carbocycles. The van der Waals surface area contributed by atoms with Crippen LogP contribution in [0.1, 0.15) is 44.9 Å². The van der Waals surface area contributed by atoms with E-state index in [1.54, 1.807) is 0 Å². The molecule has 2 heteroatoms. The number of hydrogen-bond donors (Lipinski definition) is 1. The van der Waals surface area contributed by atoms with Crippen LogP contribution in [0.3, 0.4) is 0 Å². The van der Waals surface area contributed by atoms with Gasteiger partial charge in [-0.05, 0) is 32.1 Å². The largest absolute Gasteiger partial charge is 0.308 e. The van der Waals surface area contributed by atoms with E-state index in [9.17, 15) is 4.39 Å². The second-order valence-corrected chi connectivity index (χ2v) is 4.20. The van der Waals surface area contributed by atoms with E-state index < -0.39 is 6.17 Å². The van der Waals surface area contributed by atoms with Gasteiger partial charge in [0, 0.05) is 12.1 Å². The third-order valence-corrected chi connectivity index (χ3v) is 3.24. The van der Waals surface area contributed by atoms with Crippen LogP contribution in [0.4, 0.5) is 4.39 Å². The summed E-state index contributed by atoms with van der Waals surface area (Å²) in [6, 6.07) is 0.819. The Labute approximate surface area is 73.7 Å². The lowest BCUT2D eigenvalue weighted by atomic mass is 10.1. The summed E-state index contributed by atoms with van der Waals surface area (Å²) in [5.41, 5.74) is 0. The highest BCUT2D eigenvalue weighted by atomic mass is 19.1. The van der Waals surface area contributed by atoms with Gasteiger partial charge in [0.15, 0.2) is 0 Å². The molecule has 0 unspecified atom stereocenters. The van der Waals surface area contributed by atoms with E-state index >= 15 is 0 Å². The molecule has 0 aromatic rings. The normalized spacial score (nSPS) is 37.8. The van der Waals surface area contributed by atoms with Crippen LogP contribution in [0.15, 0.2) is 0 Å². The van der Waals surface area contributed by atoms with Crippen molar-refractivity contribution >= 4 is 0 Å². The van der Waals surface area contributed by atoms with E-state index in [-0.39, 0.29) is 6.04 Å². The van der Waals surface area contributed by atoms with Gasteiger partial charge in [-0.25, -0.2) is 4.39 Å². The monoisotopic (exact) mass is 171 g/mol. The van der Waals surface area contributed by atoms with E-state index in [0.717, 1.165) is 19.3 Å². The topological polar surface area (TPSA) is 12.0 Å². The minimum Gasteiger partial charge on any atom is -0.308 e. The highest BCUT2D eigenvalue weighted by molar-refractivity contribution is 4.87. The lowest BCUT2D eigenvalue weighted by molar-refractivity contribution is 0.263. The second kappa shape index (κ2) is 3.73. The van der Waals surface area contributed by atoms with Crippen LogP contribution in [0.5, 0.6) is 0 Å². The molecule has 0 bridgehead atoms. The lowest BCUT2D eigenvalue weighted by Gasteiger charge is -2.19. The van der Waals surface area contributed by atoms with Gasteiger partial charge in [0.25, 0.3) is 0 Å². The molecule has 70 valence electrons. The number of halogens is 1. The molecule has 0 amide bonds. The zero-order valence-corrected chi connectivity index (χ0v) is 7.56. The van der Waals surface area contributed by atoms with Crippen molar-refractivity contribution in [3.05, 3.63) is 0 Å². The van der Waals surface area contributed by atoms with Crippen molar-refractivity contribution in [3.8, 4) is 0 Å². The highest BCUT2D eigenvalue weighted by Crippen LogP contribution is 2.25. The van der Waals surface area contributed by atoms with Gasteiger partial charge in [-0.3, -0.25) is 0 Å². The third-order valence-electron chi connectivity index (χ3n) is 3.24. The number of hydrogen-bond acceptors (Lipinski definition) is 1. The maximum atomic E-state index is 13.2. The molecular weight excluding hydrogens is 153 g/mol. The predicted octanol–water partition coefficient (Wildman–Crippen LogP) is 2.41. The summed E-state index contributed by atoms with van der Waals surface area (Å²) in [4.78, 5) is 0. The van der Waals surface area contributed by atoms with Gasteiger partial charge in [0.05, 0.1) is 0 Å². The van der Waals surface area contributed by atoms with Gasteiger partial charge in [0.2, 0.25) is 0 Å². The molecule has 0 heterocycles. The van der Waals surface area contributed by atoms with Crippen LogP contribution >= 0.6 is 0 Å². The van der Waals surface area contributed by atoms with Crippen LogP contribution in [0.2, 0.25) is 0 Å². The molecule has 2 atom stereocenters. The molecule has 0 saturated heterocycles. The summed E-state index contributed by atoms with van der Waals surface area (Å²) in [5, 5.41) is 3.45. The molecular formula is C10H18FN. The molecule has 0 aliphatic heterocycles. The molecule has 2 fully saturated rings. The Balaban J connectivity index is 1.77. The van der Waals surface area contributed by atoms with Crippen molar-refractivity contribution in [2.45, 2.75) is 63.2 Å². The summed E-state index contributed by atoms with van der Waals surface area (Å²) in [5.74, 6) is 0. The Kier molecular flexibility index (Phi) is 2.64. The van der Waals surface area contributed by atoms with Crippen LogP contribution in [-0.2, 0) is 0 Å². The summed E-state index contributed by atoms with van der Waals surface area (Å²) < 4.78 is 13.2. The summed E-state index contributed by atoms with van der Waals surface area (Å²) in [6.45, 7) is 0. The average Bonchev–Trinajstić information content (AvgIpc) is 2.65. The Morgan fingerprint density at radius 2 is 1.67 bits per heavy atom. The van der Waals surface area contributed by atoms with E-state index in [2.05, 4.69) is 5.32 Å². The Bertz CT molecular complexity index is 143. The van der Waals surface area contributed by atoms with Crippen molar-refractivity contribution in [2.75, 3.05) is 0 Å². The second-order valence-electron chi connectivity index (χ2n) is 4.20. The SMILES string of the molecule is F[C@@H]1CCC[C@@H]1NC1CCCC1. The van der Waals surface area contributed by atoms with E-state index in [1.807, 2.05) is 0 Å². The molecule has 0 aromatic carbocycles.